The van der Waals surface area contributed by atoms with Crippen molar-refractivity contribution in [3.05, 3.63) is 63.1 Å². The Morgan fingerprint density at radius 1 is 1.21 bits per heavy atom. The maximum atomic E-state index is 13.4. The third-order valence-corrected chi connectivity index (χ3v) is 3.61. The van der Waals surface area contributed by atoms with Gasteiger partial charge in [0, 0.05) is 10.2 Å². The highest BCUT2D eigenvalue weighted by Crippen LogP contribution is 2.26. The molecule has 98 valence electrons. The van der Waals surface area contributed by atoms with Crippen LogP contribution in [0, 0.1) is 11.6 Å². The lowest BCUT2D eigenvalue weighted by Crippen LogP contribution is -2.14. The van der Waals surface area contributed by atoms with E-state index in [0.717, 1.165) is 6.07 Å². The van der Waals surface area contributed by atoms with Crippen LogP contribution >= 0.6 is 27.5 Å². The van der Waals surface area contributed by atoms with E-state index in [9.17, 15) is 13.6 Å². The van der Waals surface area contributed by atoms with Crippen molar-refractivity contribution in [1.82, 2.24) is 0 Å². The van der Waals surface area contributed by atoms with Gasteiger partial charge in [-0.1, -0.05) is 17.7 Å². The smallest absolute Gasteiger partial charge is 0.258 e. The van der Waals surface area contributed by atoms with Crippen molar-refractivity contribution >= 4 is 39.1 Å². The Balaban J connectivity index is 2.26. The van der Waals surface area contributed by atoms with E-state index in [2.05, 4.69) is 21.2 Å². The molecule has 2 aromatic rings. The van der Waals surface area contributed by atoms with E-state index < -0.39 is 17.5 Å². The van der Waals surface area contributed by atoms with Crippen LogP contribution in [0.25, 0.3) is 0 Å². The van der Waals surface area contributed by atoms with Gasteiger partial charge < -0.3 is 5.32 Å². The van der Waals surface area contributed by atoms with E-state index in [1.807, 2.05) is 0 Å². The van der Waals surface area contributed by atoms with Crippen molar-refractivity contribution in [3.63, 3.8) is 0 Å². The van der Waals surface area contributed by atoms with Crippen LogP contribution in [-0.2, 0) is 0 Å². The highest BCUT2D eigenvalue weighted by Gasteiger charge is 2.15. The van der Waals surface area contributed by atoms with Crippen LogP contribution in [0.1, 0.15) is 10.4 Å². The third kappa shape index (κ3) is 3.11. The minimum absolute atomic E-state index is 0.362. The van der Waals surface area contributed by atoms with E-state index in [1.165, 1.54) is 18.2 Å². The lowest BCUT2D eigenvalue weighted by Gasteiger charge is -2.07. The van der Waals surface area contributed by atoms with E-state index >= 15 is 0 Å². The lowest BCUT2D eigenvalue weighted by molar-refractivity contribution is 0.102. The summed E-state index contributed by atoms with van der Waals surface area (Å²) in [5.41, 5.74) is 0.0286. The average molecular weight is 347 g/mol. The highest BCUT2D eigenvalue weighted by molar-refractivity contribution is 9.10. The number of anilines is 1. The Morgan fingerprint density at radius 2 is 1.95 bits per heavy atom. The topological polar surface area (TPSA) is 29.1 Å². The van der Waals surface area contributed by atoms with Gasteiger partial charge in [-0.25, -0.2) is 8.78 Å². The fourth-order valence-corrected chi connectivity index (χ4v) is 1.88. The summed E-state index contributed by atoms with van der Waals surface area (Å²) >= 11 is 9.07. The van der Waals surface area contributed by atoms with Crippen LogP contribution in [0.2, 0.25) is 5.02 Å². The van der Waals surface area contributed by atoms with Crippen molar-refractivity contribution in [2.45, 2.75) is 0 Å². The quantitative estimate of drug-likeness (QED) is 0.844. The zero-order chi connectivity index (χ0) is 14.0. The Kier molecular flexibility index (Phi) is 4.17. The van der Waals surface area contributed by atoms with E-state index in [0.29, 0.717) is 15.2 Å². The largest absolute Gasteiger partial charge is 0.322 e. The molecule has 0 saturated heterocycles. The number of benzene rings is 2. The molecule has 0 fully saturated rings. The van der Waals surface area contributed by atoms with Gasteiger partial charge in [0.15, 0.2) is 11.6 Å². The Bertz CT molecular complexity index is 649. The Morgan fingerprint density at radius 3 is 2.63 bits per heavy atom. The average Bonchev–Trinajstić information content (AvgIpc) is 2.37. The molecule has 0 aliphatic heterocycles. The van der Waals surface area contributed by atoms with Gasteiger partial charge in [0.1, 0.15) is 0 Å². The monoisotopic (exact) mass is 345 g/mol. The molecule has 2 aromatic carbocycles. The van der Waals surface area contributed by atoms with Crippen LogP contribution in [0.3, 0.4) is 0 Å². The first-order valence-corrected chi connectivity index (χ1v) is 6.36. The van der Waals surface area contributed by atoms with E-state index in [4.69, 9.17) is 11.6 Å². The predicted molar refractivity (Wildman–Crippen MR) is 73.5 cm³/mol. The Hall–Kier alpha value is -1.46. The highest BCUT2D eigenvalue weighted by atomic mass is 79.9. The second-order valence-corrected chi connectivity index (χ2v) is 4.95. The summed E-state index contributed by atoms with van der Waals surface area (Å²) in [5, 5.41) is 2.84. The van der Waals surface area contributed by atoms with Crippen molar-refractivity contribution < 1.29 is 13.6 Å². The van der Waals surface area contributed by atoms with Gasteiger partial charge in [-0.05, 0) is 46.3 Å². The maximum absolute atomic E-state index is 13.4. The van der Waals surface area contributed by atoms with Gasteiger partial charge in [0.05, 0.1) is 10.6 Å². The molecular formula is C13H7BrClF2NO. The van der Waals surface area contributed by atoms with Gasteiger partial charge in [0.25, 0.3) is 5.91 Å². The summed E-state index contributed by atoms with van der Waals surface area (Å²) in [7, 11) is 0. The molecule has 0 aromatic heterocycles. The second kappa shape index (κ2) is 5.67. The van der Waals surface area contributed by atoms with Crippen molar-refractivity contribution in [1.29, 1.82) is 0 Å². The van der Waals surface area contributed by atoms with Crippen LogP contribution in [-0.4, -0.2) is 5.91 Å². The van der Waals surface area contributed by atoms with Crippen molar-refractivity contribution in [3.8, 4) is 0 Å². The number of halogens is 4. The van der Waals surface area contributed by atoms with Crippen molar-refractivity contribution in [2.24, 2.45) is 0 Å². The summed E-state index contributed by atoms with van der Waals surface area (Å²) in [6.07, 6.45) is 0. The molecule has 0 spiro atoms. The third-order valence-electron chi connectivity index (χ3n) is 2.37. The molecule has 0 radical (unpaired) electrons. The molecule has 2 rings (SSSR count). The molecule has 2 nitrogen and oxygen atoms in total. The van der Waals surface area contributed by atoms with Crippen LogP contribution in [0.4, 0.5) is 14.5 Å². The fraction of sp³-hybridized carbons (Fsp3) is 0. The van der Waals surface area contributed by atoms with Gasteiger partial charge >= 0.3 is 0 Å². The molecule has 0 aliphatic rings. The molecule has 1 amide bonds. The summed E-state index contributed by atoms with van der Waals surface area (Å²) in [5.74, 6) is -2.99. The van der Waals surface area contributed by atoms with E-state index in [1.54, 1.807) is 12.1 Å². The van der Waals surface area contributed by atoms with Crippen LogP contribution < -0.4 is 5.32 Å². The number of nitrogens with one attached hydrogen (secondary N) is 1. The molecule has 0 saturated carbocycles. The maximum Gasteiger partial charge on any atom is 0.258 e. The summed E-state index contributed by atoms with van der Waals surface area (Å²) < 4.78 is 27.1. The standard InChI is InChI=1S/C13H7BrClF2NO/c14-9-5-4-7(6-10(9)15)18-13(19)8-2-1-3-11(16)12(8)17/h1-6H,(H,18,19). The Labute approximate surface area is 121 Å². The van der Waals surface area contributed by atoms with Gasteiger partial charge in [-0.15, -0.1) is 0 Å². The van der Waals surface area contributed by atoms with Gasteiger partial charge in [-0.2, -0.15) is 0 Å². The number of hydrogen-bond acceptors (Lipinski definition) is 1. The fourth-order valence-electron chi connectivity index (χ4n) is 1.45. The SMILES string of the molecule is O=C(Nc1ccc(Br)c(Cl)c1)c1cccc(F)c1F. The molecule has 0 unspecified atom stereocenters. The first-order chi connectivity index (χ1) is 8.99. The first-order valence-electron chi connectivity index (χ1n) is 5.19. The molecule has 0 aliphatic carbocycles. The molecule has 0 bridgehead atoms. The summed E-state index contributed by atoms with van der Waals surface area (Å²) in [6.45, 7) is 0. The molecule has 19 heavy (non-hydrogen) atoms. The molecular weight excluding hydrogens is 340 g/mol. The predicted octanol–water partition coefficient (Wildman–Crippen LogP) is 4.63. The number of amides is 1. The number of carbonyl (C=O) groups excluding carboxylic acids is 1. The molecule has 0 atom stereocenters. The van der Waals surface area contributed by atoms with Crippen molar-refractivity contribution in [2.75, 3.05) is 5.32 Å². The first kappa shape index (κ1) is 14.0. The van der Waals surface area contributed by atoms with Gasteiger partial charge in [-0.3, -0.25) is 4.79 Å². The van der Waals surface area contributed by atoms with Gasteiger partial charge in [0.2, 0.25) is 0 Å². The van der Waals surface area contributed by atoms with E-state index in [-0.39, 0.29) is 5.56 Å². The second-order valence-electron chi connectivity index (χ2n) is 3.68. The molecule has 6 heteroatoms. The zero-order valence-corrected chi connectivity index (χ0v) is 11.7. The number of carbonyl (C=O) groups is 1. The minimum Gasteiger partial charge on any atom is -0.322 e. The molecule has 1 N–H and O–H groups in total. The minimum atomic E-state index is -1.18. The summed E-state index contributed by atoms with van der Waals surface area (Å²) in [6, 6.07) is 8.14. The zero-order valence-electron chi connectivity index (χ0n) is 9.38. The summed E-state index contributed by atoms with van der Waals surface area (Å²) in [4.78, 5) is 11.8. The van der Waals surface area contributed by atoms with Crippen LogP contribution in [0.5, 0.6) is 0 Å². The normalized spacial score (nSPS) is 10.3. The number of hydrogen-bond donors (Lipinski definition) is 1. The lowest BCUT2D eigenvalue weighted by atomic mass is 10.2. The number of rotatable bonds is 2. The molecule has 0 heterocycles. The van der Waals surface area contributed by atoms with Crippen LogP contribution in [0.15, 0.2) is 40.9 Å².